The van der Waals surface area contributed by atoms with Gasteiger partial charge in [-0.2, -0.15) is 0 Å². The van der Waals surface area contributed by atoms with Gasteiger partial charge in [-0.3, -0.25) is 4.79 Å². The maximum Gasteiger partial charge on any atom is 0.258 e. The summed E-state index contributed by atoms with van der Waals surface area (Å²) in [5.74, 6) is 0.682. The quantitative estimate of drug-likeness (QED) is 0.692. The summed E-state index contributed by atoms with van der Waals surface area (Å²) < 4.78 is 10.8. The number of ether oxygens (including phenoxy) is 1. The van der Waals surface area contributed by atoms with Crippen molar-refractivity contribution in [3.05, 3.63) is 76.9 Å². The van der Waals surface area contributed by atoms with Gasteiger partial charge in [-0.25, -0.2) is 0 Å². The molecule has 0 unspecified atom stereocenters. The summed E-state index contributed by atoms with van der Waals surface area (Å²) in [7, 11) is 0. The lowest BCUT2D eigenvalue weighted by Gasteiger charge is -2.25. The van der Waals surface area contributed by atoms with E-state index in [1.54, 1.807) is 30.3 Å². The molecule has 0 saturated heterocycles. The van der Waals surface area contributed by atoms with E-state index in [9.17, 15) is 9.90 Å². The van der Waals surface area contributed by atoms with E-state index in [4.69, 9.17) is 9.15 Å². The van der Waals surface area contributed by atoms with Crippen LogP contribution in [0.4, 0.5) is 0 Å². The summed E-state index contributed by atoms with van der Waals surface area (Å²) in [6.45, 7) is -0.124. The molecule has 0 aliphatic carbocycles. The normalized spacial score (nSPS) is 13.2. The van der Waals surface area contributed by atoms with Gasteiger partial charge in [0.2, 0.25) is 0 Å². The molecule has 0 saturated carbocycles. The van der Waals surface area contributed by atoms with Crippen molar-refractivity contribution in [2.45, 2.75) is 5.60 Å². The van der Waals surface area contributed by atoms with E-state index in [0.29, 0.717) is 16.4 Å². The lowest BCUT2D eigenvalue weighted by atomic mass is 9.98. The smallest absolute Gasteiger partial charge is 0.258 e. The van der Waals surface area contributed by atoms with E-state index in [-0.39, 0.29) is 19.1 Å². The Labute approximate surface area is 143 Å². The molecule has 0 bridgehead atoms. The van der Waals surface area contributed by atoms with Gasteiger partial charge >= 0.3 is 0 Å². The van der Waals surface area contributed by atoms with Gasteiger partial charge in [-0.1, -0.05) is 24.3 Å². The monoisotopic (exact) mass is 343 g/mol. The van der Waals surface area contributed by atoms with E-state index in [2.05, 4.69) is 5.32 Å². The number of para-hydroxylation sites is 1. The molecule has 0 aliphatic rings. The van der Waals surface area contributed by atoms with Crippen molar-refractivity contribution in [1.29, 1.82) is 0 Å². The van der Waals surface area contributed by atoms with Crippen LogP contribution < -0.4 is 10.1 Å². The third-order valence-corrected chi connectivity index (χ3v) is 4.53. The maximum absolute atomic E-state index is 12.0. The Hall–Kier alpha value is -2.57. The number of aliphatic hydroxyl groups is 1. The summed E-state index contributed by atoms with van der Waals surface area (Å²) in [6, 6.07) is 16.1. The first kappa shape index (κ1) is 16.3. The fraction of sp³-hybridized carbons (Fsp3) is 0.167. The second-order valence-corrected chi connectivity index (χ2v) is 6.14. The highest BCUT2D eigenvalue weighted by Crippen LogP contribution is 2.32. The van der Waals surface area contributed by atoms with Gasteiger partial charge in [0.1, 0.15) is 11.5 Å². The summed E-state index contributed by atoms with van der Waals surface area (Å²) in [4.78, 5) is 12.7. The molecule has 1 amide bonds. The number of carbonyl (C=O) groups is 1. The number of furan rings is 1. The zero-order valence-electron chi connectivity index (χ0n) is 12.8. The largest absolute Gasteiger partial charge is 0.484 e. The minimum atomic E-state index is -1.40. The summed E-state index contributed by atoms with van der Waals surface area (Å²) in [5.41, 5.74) is -1.40. The van der Waals surface area contributed by atoms with Crippen molar-refractivity contribution < 1.29 is 19.1 Å². The minimum Gasteiger partial charge on any atom is -0.484 e. The Kier molecular flexibility index (Phi) is 4.98. The molecular weight excluding hydrogens is 326 g/mol. The molecule has 1 aromatic carbocycles. The number of carbonyl (C=O) groups excluding carboxylic acids is 1. The van der Waals surface area contributed by atoms with Crippen LogP contribution >= 0.6 is 11.3 Å². The third-order valence-electron chi connectivity index (χ3n) is 3.51. The predicted molar refractivity (Wildman–Crippen MR) is 91.0 cm³/mol. The Morgan fingerprint density at radius 3 is 2.67 bits per heavy atom. The molecule has 5 nitrogen and oxygen atoms in total. The lowest BCUT2D eigenvalue weighted by Crippen LogP contribution is -2.42. The Bertz CT molecular complexity index is 719. The molecule has 1 atom stereocenters. The SMILES string of the molecule is O=C(COc1ccccc1)NC[C@@](O)(c1ccco1)c1cccs1. The topological polar surface area (TPSA) is 71.7 Å². The second-order valence-electron chi connectivity index (χ2n) is 5.19. The fourth-order valence-electron chi connectivity index (χ4n) is 2.27. The zero-order chi connectivity index (χ0) is 16.8. The minimum absolute atomic E-state index is 0.00197. The standard InChI is InChI=1S/C18H17NO4S/c20-17(12-23-14-6-2-1-3-7-14)19-13-18(21,15-8-4-10-22-15)16-9-5-11-24-16/h1-11,21H,12-13H2,(H,19,20)/t18-/m1/s1. The molecule has 0 aliphatic heterocycles. The summed E-state index contributed by atoms with van der Waals surface area (Å²) in [6.07, 6.45) is 1.49. The fourth-order valence-corrected chi connectivity index (χ4v) is 3.10. The van der Waals surface area contributed by atoms with Crippen molar-refractivity contribution in [2.24, 2.45) is 0 Å². The van der Waals surface area contributed by atoms with Gasteiger partial charge in [0, 0.05) is 4.88 Å². The highest BCUT2D eigenvalue weighted by molar-refractivity contribution is 7.10. The van der Waals surface area contributed by atoms with E-state index in [1.807, 2.05) is 29.6 Å². The van der Waals surface area contributed by atoms with Crippen molar-refractivity contribution in [3.8, 4) is 5.75 Å². The van der Waals surface area contributed by atoms with Crippen LogP contribution in [0.1, 0.15) is 10.6 Å². The van der Waals surface area contributed by atoms with Crippen LogP contribution in [0, 0.1) is 0 Å². The van der Waals surface area contributed by atoms with E-state index in [0.717, 1.165) is 0 Å². The first-order valence-electron chi connectivity index (χ1n) is 7.43. The zero-order valence-corrected chi connectivity index (χ0v) is 13.7. The number of amides is 1. The van der Waals surface area contributed by atoms with E-state index >= 15 is 0 Å². The summed E-state index contributed by atoms with van der Waals surface area (Å²) >= 11 is 1.40. The van der Waals surface area contributed by atoms with E-state index in [1.165, 1.54) is 17.6 Å². The number of benzene rings is 1. The molecular formula is C18H17NO4S. The van der Waals surface area contributed by atoms with Gasteiger partial charge in [-0.15, -0.1) is 11.3 Å². The Balaban J connectivity index is 1.63. The Morgan fingerprint density at radius 1 is 1.17 bits per heavy atom. The number of thiophene rings is 1. The van der Waals surface area contributed by atoms with Gasteiger partial charge in [-0.05, 0) is 35.7 Å². The number of rotatable bonds is 7. The van der Waals surface area contributed by atoms with Crippen molar-refractivity contribution >= 4 is 17.2 Å². The Morgan fingerprint density at radius 2 is 2.00 bits per heavy atom. The van der Waals surface area contributed by atoms with Crippen LogP contribution in [-0.2, 0) is 10.4 Å². The van der Waals surface area contributed by atoms with Crippen molar-refractivity contribution in [2.75, 3.05) is 13.2 Å². The molecule has 2 heterocycles. The molecule has 0 radical (unpaired) electrons. The first-order valence-corrected chi connectivity index (χ1v) is 8.31. The van der Waals surface area contributed by atoms with Crippen LogP contribution in [0.3, 0.4) is 0 Å². The van der Waals surface area contributed by atoms with Crippen molar-refractivity contribution in [1.82, 2.24) is 5.32 Å². The molecule has 3 rings (SSSR count). The second kappa shape index (κ2) is 7.33. The predicted octanol–water partition coefficient (Wildman–Crippen LogP) is 2.77. The number of hydrogen-bond donors (Lipinski definition) is 2. The average Bonchev–Trinajstić information content (AvgIpc) is 3.32. The molecule has 24 heavy (non-hydrogen) atoms. The summed E-state index contributed by atoms with van der Waals surface area (Å²) in [5, 5.41) is 15.6. The maximum atomic E-state index is 12.0. The molecule has 6 heteroatoms. The molecule has 2 aromatic heterocycles. The van der Waals surface area contributed by atoms with Gasteiger partial charge < -0.3 is 19.6 Å². The highest BCUT2D eigenvalue weighted by atomic mass is 32.1. The van der Waals surface area contributed by atoms with E-state index < -0.39 is 5.60 Å². The van der Waals surface area contributed by atoms with Crippen LogP contribution in [0.2, 0.25) is 0 Å². The van der Waals surface area contributed by atoms with Crippen LogP contribution in [-0.4, -0.2) is 24.2 Å². The molecule has 124 valence electrons. The van der Waals surface area contributed by atoms with Crippen LogP contribution in [0.15, 0.2) is 70.7 Å². The number of hydrogen-bond acceptors (Lipinski definition) is 5. The number of nitrogens with one attached hydrogen (secondary N) is 1. The van der Waals surface area contributed by atoms with Crippen LogP contribution in [0.25, 0.3) is 0 Å². The van der Waals surface area contributed by atoms with Gasteiger partial charge in [0.25, 0.3) is 5.91 Å². The van der Waals surface area contributed by atoms with Crippen LogP contribution in [0.5, 0.6) is 5.75 Å². The van der Waals surface area contributed by atoms with Crippen molar-refractivity contribution in [3.63, 3.8) is 0 Å². The molecule has 0 fully saturated rings. The molecule has 3 aromatic rings. The molecule has 2 N–H and O–H groups in total. The average molecular weight is 343 g/mol. The van der Waals surface area contributed by atoms with Gasteiger partial charge in [0.05, 0.1) is 12.8 Å². The third kappa shape index (κ3) is 3.67. The lowest BCUT2D eigenvalue weighted by molar-refractivity contribution is -0.124. The highest BCUT2D eigenvalue weighted by Gasteiger charge is 2.36. The first-order chi connectivity index (χ1) is 11.7. The van der Waals surface area contributed by atoms with Gasteiger partial charge in [0.15, 0.2) is 12.2 Å². The molecule has 0 spiro atoms.